The van der Waals surface area contributed by atoms with Crippen LogP contribution in [0.4, 0.5) is 5.88 Å². The van der Waals surface area contributed by atoms with Gasteiger partial charge in [0.15, 0.2) is 0 Å². The zero-order valence-corrected chi connectivity index (χ0v) is 12.4. The lowest BCUT2D eigenvalue weighted by molar-refractivity contribution is -0.117. The SMILES string of the molecule is CC(C)c1cc(NC(=O)CN(C)C(CN)C2CC2)on1. The van der Waals surface area contributed by atoms with Crippen molar-refractivity contribution in [1.29, 1.82) is 0 Å². The van der Waals surface area contributed by atoms with E-state index < -0.39 is 0 Å². The van der Waals surface area contributed by atoms with Crippen LogP contribution >= 0.6 is 0 Å². The second-order valence-corrected chi connectivity index (χ2v) is 5.87. The van der Waals surface area contributed by atoms with Crippen molar-refractivity contribution in [3.05, 3.63) is 11.8 Å². The minimum atomic E-state index is -0.0990. The summed E-state index contributed by atoms with van der Waals surface area (Å²) in [5, 5.41) is 6.65. The normalized spacial score (nSPS) is 16.7. The van der Waals surface area contributed by atoms with E-state index in [2.05, 4.69) is 10.5 Å². The average Bonchev–Trinajstić information content (AvgIpc) is 3.08. The van der Waals surface area contributed by atoms with Crippen molar-refractivity contribution in [3.8, 4) is 0 Å². The van der Waals surface area contributed by atoms with Gasteiger partial charge in [-0.05, 0) is 31.7 Å². The van der Waals surface area contributed by atoms with E-state index in [0.29, 0.717) is 30.9 Å². The number of amides is 1. The van der Waals surface area contributed by atoms with E-state index >= 15 is 0 Å². The molecule has 1 aromatic rings. The maximum atomic E-state index is 12.0. The van der Waals surface area contributed by atoms with Crippen LogP contribution in [0.2, 0.25) is 0 Å². The van der Waals surface area contributed by atoms with Gasteiger partial charge in [0.05, 0.1) is 12.2 Å². The van der Waals surface area contributed by atoms with Gasteiger partial charge in [0.25, 0.3) is 0 Å². The largest absolute Gasteiger partial charge is 0.338 e. The lowest BCUT2D eigenvalue weighted by atomic mass is 10.1. The lowest BCUT2D eigenvalue weighted by Crippen LogP contribution is -2.43. The van der Waals surface area contributed by atoms with E-state index in [9.17, 15) is 4.79 Å². The summed E-state index contributed by atoms with van der Waals surface area (Å²) in [6.45, 7) is 4.96. The Morgan fingerprint density at radius 3 is 2.80 bits per heavy atom. The number of likely N-dealkylation sites (N-methyl/N-ethyl adjacent to an activating group) is 1. The van der Waals surface area contributed by atoms with Crippen LogP contribution in [0.25, 0.3) is 0 Å². The van der Waals surface area contributed by atoms with Crippen LogP contribution in [0.5, 0.6) is 0 Å². The van der Waals surface area contributed by atoms with Crippen molar-refractivity contribution in [2.75, 3.05) is 25.5 Å². The van der Waals surface area contributed by atoms with Gasteiger partial charge in [0, 0.05) is 18.7 Å². The molecule has 2 rings (SSSR count). The van der Waals surface area contributed by atoms with Crippen LogP contribution in [0, 0.1) is 5.92 Å². The molecule has 0 saturated heterocycles. The molecule has 0 radical (unpaired) electrons. The smallest absolute Gasteiger partial charge is 0.240 e. The fourth-order valence-corrected chi connectivity index (χ4v) is 2.35. The molecule has 1 atom stereocenters. The Morgan fingerprint density at radius 2 is 2.30 bits per heavy atom. The van der Waals surface area contributed by atoms with E-state index in [0.717, 1.165) is 5.69 Å². The highest BCUT2D eigenvalue weighted by molar-refractivity contribution is 5.90. The summed E-state index contributed by atoms with van der Waals surface area (Å²) in [6, 6.07) is 2.06. The maximum Gasteiger partial charge on any atom is 0.240 e. The monoisotopic (exact) mass is 280 g/mol. The van der Waals surface area contributed by atoms with E-state index in [1.165, 1.54) is 12.8 Å². The van der Waals surface area contributed by atoms with Crippen LogP contribution in [-0.2, 0) is 4.79 Å². The first-order chi connectivity index (χ1) is 9.51. The molecule has 1 unspecified atom stereocenters. The predicted octanol–water partition coefficient (Wildman–Crippen LogP) is 1.41. The van der Waals surface area contributed by atoms with E-state index in [4.69, 9.17) is 10.3 Å². The standard InChI is InChI=1S/C14H24N4O2/c1-9(2)11-6-14(20-17-11)16-13(19)8-18(3)12(7-15)10-4-5-10/h6,9-10,12H,4-5,7-8,15H2,1-3H3,(H,16,19). The van der Waals surface area contributed by atoms with Gasteiger partial charge in [0.1, 0.15) is 0 Å². The third-order valence-electron chi connectivity index (χ3n) is 3.75. The molecule has 3 N–H and O–H groups in total. The number of anilines is 1. The summed E-state index contributed by atoms with van der Waals surface area (Å²) < 4.78 is 5.10. The maximum absolute atomic E-state index is 12.0. The molecule has 6 nitrogen and oxygen atoms in total. The zero-order valence-electron chi connectivity index (χ0n) is 12.4. The topological polar surface area (TPSA) is 84.4 Å². The Morgan fingerprint density at radius 1 is 1.60 bits per heavy atom. The Bertz CT molecular complexity index is 454. The first kappa shape index (κ1) is 15.0. The molecule has 0 bridgehead atoms. The molecule has 6 heteroatoms. The Labute approximate surface area is 119 Å². The zero-order chi connectivity index (χ0) is 14.7. The molecule has 1 aromatic heterocycles. The summed E-state index contributed by atoms with van der Waals surface area (Å²) >= 11 is 0. The Balaban J connectivity index is 1.84. The van der Waals surface area contributed by atoms with Gasteiger partial charge in [-0.1, -0.05) is 19.0 Å². The van der Waals surface area contributed by atoms with Crippen molar-refractivity contribution in [2.24, 2.45) is 11.7 Å². The van der Waals surface area contributed by atoms with Crippen molar-refractivity contribution >= 4 is 11.8 Å². The van der Waals surface area contributed by atoms with Crippen LogP contribution in [0.3, 0.4) is 0 Å². The number of nitrogens with zero attached hydrogens (tertiary/aromatic N) is 2. The highest BCUT2D eigenvalue weighted by Crippen LogP contribution is 2.34. The molecule has 1 saturated carbocycles. The predicted molar refractivity (Wildman–Crippen MR) is 77.4 cm³/mol. The van der Waals surface area contributed by atoms with Gasteiger partial charge in [-0.15, -0.1) is 0 Å². The van der Waals surface area contributed by atoms with Crippen LogP contribution < -0.4 is 11.1 Å². The number of rotatable bonds is 7. The van der Waals surface area contributed by atoms with Crippen molar-refractivity contribution in [2.45, 2.75) is 38.6 Å². The highest BCUT2D eigenvalue weighted by Gasteiger charge is 2.33. The minimum Gasteiger partial charge on any atom is -0.338 e. The molecule has 0 aliphatic heterocycles. The minimum absolute atomic E-state index is 0.0990. The third-order valence-corrected chi connectivity index (χ3v) is 3.75. The third kappa shape index (κ3) is 3.80. The van der Waals surface area contributed by atoms with Crippen LogP contribution in [0.1, 0.15) is 38.3 Å². The van der Waals surface area contributed by atoms with E-state index in [1.807, 2.05) is 25.8 Å². The van der Waals surface area contributed by atoms with Gasteiger partial charge >= 0.3 is 0 Å². The molecule has 20 heavy (non-hydrogen) atoms. The molecule has 1 aliphatic rings. The molecule has 112 valence electrons. The molecule has 0 spiro atoms. The van der Waals surface area contributed by atoms with Crippen molar-refractivity contribution < 1.29 is 9.32 Å². The van der Waals surface area contributed by atoms with E-state index in [1.54, 1.807) is 6.07 Å². The van der Waals surface area contributed by atoms with Gasteiger partial charge in [-0.25, -0.2) is 0 Å². The molecular weight excluding hydrogens is 256 g/mol. The average molecular weight is 280 g/mol. The molecule has 0 aromatic carbocycles. The molecule has 1 fully saturated rings. The Kier molecular flexibility index (Phi) is 4.77. The number of carbonyl (C=O) groups excluding carboxylic acids is 1. The van der Waals surface area contributed by atoms with Crippen molar-refractivity contribution in [1.82, 2.24) is 10.1 Å². The molecule has 1 aliphatic carbocycles. The summed E-state index contributed by atoms with van der Waals surface area (Å²) in [5.41, 5.74) is 6.62. The Hall–Kier alpha value is -1.40. The summed E-state index contributed by atoms with van der Waals surface area (Å²) in [5.74, 6) is 1.24. The summed E-state index contributed by atoms with van der Waals surface area (Å²) in [6.07, 6.45) is 2.43. The van der Waals surface area contributed by atoms with Crippen molar-refractivity contribution in [3.63, 3.8) is 0 Å². The van der Waals surface area contributed by atoms with Gasteiger partial charge in [0.2, 0.25) is 11.8 Å². The lowest BCUT2D eigenvalue weighted by Gasteiger charge is -2.25. The fourth-order valence-electron chi connectivity index (χ4n) is 2.35. The van der Waals surface area contributed by atoms with E-state index in [-0.39, 0.29) is 11.8 Å². The number of hydrogen-bond donors (Lipinski definition) is 2. The van der Waals surface area contributed by atoms with Gasteiger partial charge in [-0.2, -0.15) is 0 Å². The first-order valence-corrected chi connectivity index (χ1v) is 7.18. The number of nitrogens with one attached hydrogen (secondary N) is 1. The second-order valence-electron chi connectivity index (χ2n) is 5.87. The quantitative estimate of drug-likeness (QED) is 0.789. The highest BCUT2D eigenvalue weighted by atomic mass is 16.5. The first-order valence-electron chi connectivity index (χ1n) is 7.18. The number of nitrogens with two attached hydrogens (primary N) is 1. The second kappa shape index (κ2) is 6.37. The molecule has 1 heterocycles. The number of carbonyl (C=O) groups is 1. The van der Waals surface area contributed by atoms with Crippen LogP contribution in [-0.4, -0.2) is 42.1 Å². The molecule has 1 amide bonds. The van der Waals surface area contributed by atoms with Gasteiger partial charge < -0.3 is 10.3 Å². The van der Waals surface area contributed by atoms with Gasteiger partial charge in [-0.3, -0.25) is 15.0 Å². The van der Waals surface area contributed by atoms with Crippen LogP contribution in [0.15, 0.2) is 10.6 Å². The fraction of sp³-hybridized carbons (Fsp3) is 0.714. The summed E-state index contributed by atoms with van der Waals surface area (Å²) in [4.78, 5) is 14.0. The number of aromatic nitrogens is 1. The summed E-state index contributed by atoms with van der Waals surface area (Å²) in [7, 11) is 1.94. The molecular formula is C14H24N4O2. The number of hydrogen-bond acceptors (Lipinski definition) is 5.